The number of nitrogens with zero attached hydrogens (tertiary/aromatic N) is 1. The number of rotatable bonds is 4. The fourth-order valence-electron chi connectivity index (χ4n) is 1.61. The molecule has 0 radical (unpaired) electrons. The van der Waals surface area contributed by atoms with Crippen molar-refractivity contribution in [2.45, 2.75) is 6.92 Å². The number of carbonyl (C=O) groups excluding carboxylic acids is 1. The minimum Gasteiger partial charge on any atom is -0.485 e. The smallest absolute Gasteiger partial charge is 0.201 e. The molecule has 0 atom stereocenters. The van der Waals surface area contributed by atoms with Crippen LogP contribution in [0.5, 0.6) is 5.75 Å². The van der Waals surface area contributed by atoms with E-state index in [1.807, 2.05) is 7.05 Å². The molecule has 94 valence electrons. The van der Waals surface area contributed by atoms with E-state index in [-0.39, 0.29) is 18.2 Å². The molecule has 1 heterocycles. The summed E-state index contributed by atoms with van der Waals surface area (Å²) in [7, 11) is 1.85. The lowest BCUT2D eigenvalue weighted by Gasteiger charge is -2.06. The monoisotopic (exact) mass is 247 g/mol. The van der Waals surface area contributed by atoms with Crippen LogP contribution < -0.4 is 4.74 Å². The van der Waals surface area contributed by atoms with E-state index in [1.54, 1.807) is 36.0 Å². The van der Waals surface area contributed by atoms with Gasteiger partial charge in [0.1, 0.15) is 11.6 Å². The summed E-state index contributed by atoms with van der Waals surface area (Å²) < 4.78 is 20.2. The zero-order valence-corrected chi connectivity index (χ0v) is 10.3. The molecular formula is C14H14FNO2. The first kappa shape index (κ1) is 12.4. The van der Waals surface area contributed by atoms with Gasteiger partial charge in [0.25, 0.3) is 0 Å². The summed E-state index contributed by atoms with van der Waals surface area (Å²) in [6, 6.07) is 6.16. The minimum absolute atomic E-state index is 0.0465. The van der Waals surface area contributed by atoms with Crippen molar-refractivity contribution >= 4 is 5.78 Å². The van der Waals surface area contributed by atoms with Crippen molar-refractivity contribution in [2.24, 2.45) is 7.05 Å². The van der Waals surface area contributed by atoms with Gasteiger partial charge in [0.05, 0.1) is 0 Å². The van der Waals surface area contributed by atoms with E-state index >= 15 is 0 Å². The van der Waals surface area contributed by atoms with Gasteiger partial charge >= 0.3 is 0 Å². The minimum atomic E-state index is -0.281. The van der Waals surface area contributed by atoms with Crippen LogP contribution in [0.1, 0.15) is 15.9 Å². The van der Waals surface area contributed by atoms with Gasteiger partial charge in [-0.05, 0) is 36.8 Å². The normalized spacial score (nSPS) is 10.4. The van der Waals surface area contributed by atoms with Crippen LogP contribution >= 0.6 is 0 Å². The Morgan fingerprint density at radius 1 is 1.39 bits per heavy atom. The van der Waals surface area contributed by atoms with Crippen LogP contribution in [0, 0.1) is 12.7 Å². The maximum atomic E-state index is 13.0. The van der Waals surface area contributed by atoms with Gasteiger partial charge in [-0.15, -0.1) is 0 Å². The lowest BCUT2D eigenvalue weighted by Crippen LogP contribution is -2.11. The molecule has 0 fully saturated rings. The van der Waals surface area contributed by atoms with E-state index in [9.17, 15) is 9.18 Å². The molecular weight excluding hydrogens is 233 g/mol. The van der Waals surface area contributed by atoms with E-state index in [4.69, 9.17) is 4.74 Å². The summed E-state index contributed by atoms with van der Waals surface area (Å²) in [5.41, 5.74) is 1.11. The highest BCUT2D eigenvalue weighted by molar-refractivity contribution is 5.97. The summed E-state index contributed by atoms with van der Waals surface area (Å²) in [5.74, 6) is 0.118. The highest BCUT2D eigenvalue weighted by Crippen LogP contribution is 2.16. The van der Waals surface area contributed by atoms with Gasteiger partial charge in [-0.2, -0.15) is 0 Å². The third-order valence-electron chi connectivity index (χ3n) is 2.65. The third-order valence-corrected chi connectivity index (χ3v) is 2.65. The first-order chi connectivity index (χ1) is 8.56. The molecule has 2 rings (SSSR count). The van der Waals surface area contributed by atoms with E-state index in [1.165, 1.54) is 12.1 Å². The Bertz CT molecular complexity index is 575. The Morgan fingerprint density at radius 2 is 2.17 bits per heavy atom. The molecule has 0 saturated carbocycles. The van der Waals surface area contributed by atoms with Gasteiger partial charge in [-0.1, -0.05) is 0 Å². The molecule has 0 aliphatic carbocycles. The summed E-state index contributed by atoms with van der Waals surface area (Å²) in [6.45, 7) is 1.61. The largest absolute Gasteiger partial charge is 0.485 e. The zero-order valence-electron chi connectivity index (χ0n) is 10.3. The molecule has 3 nitrogen and oxygen atoms in total. The topological polar surface area (TPSA) is 31.2 Å². The van der Waals surface area contributed by atoms with E-state index in [0.29, 0.717) is 16.9 Å². The molecule has 1 aromatic heterocycles. The van der Waals surface area contributed by atoms with E-state index in [0.717, 1.165) is 0 Å². The highest BCUT2D eigenvalue weighted by Gasteiger charge is 2.08. The second kappa shape index (κ2) is 5.04. The first-order valence-corrected chi connectivity index (χ1v) is 5.60. The van der Waals surface area contributed by atoms with Gasteiger partial charge in [0.2, 0.25) is 5.78 Å². The van der Waals surface area contributed by atoms with Gasteiger partial charge in [-0.25, -0.2) is 4.39 Å². The molecule has 18 heavy (non-hydrogen) atoms. The van der Waals surface area contributed by atoms with Crippen LogP contribution in [0.25, 0.3) is 0 Å². The molecule has 0 bridgehead atoms. The lowest BCUT2D eigenvalue weighted by atomic mass is 10.2. The van der Waals surface area contributed by atoms with Gasteiger partial charge in [0.15, 0.2) is 6.61 Å². The van der Waals surface area contributed by atoms with Crippen LogP contribution in [0.2, 0.25) is 0 Å². The number of hydrogen-bond donors (Lipinski definition) is 0. The maximum Gasteiger partial charge on any atom is 0.201 e. The van der Waals surface area contributed by atoms with Crippen molar-refractivity contribution in [3.8, 4) is 5.75 Å². The van der Waals surface area contributed by atoms with Crippen molar-refractivity contribution in [3.05, 3.63) is 53.6 Å². The molecule has 1 aromatic carbocycles. The predicted octanol–water partition coefficient (Wildman–Crippen LogP) is 2.73. The number of halogens is 1. The Kier molecular flexibility index (Phi) is 3.46. The maximum absolute atomic E-state index is 13.0. The molecule has 0 saturated heterocycles. The molecule has 2 aromatic rings. The van der Waals surface area contributed by atoms with Crippen molar-refractivity contribution in [3.63, 3.8) is 0 Å². The van der Waals surface area contributed by atoms with Crippen molar-refractivity contribution in [1.29, 1.82) is 0 Å². The molecule has 0 amide bonds. The Balaban J connectivity index is 1.99. The number of ketones is 1. The summed E-state index contributed by atoms with van der Waals surface area (Å²) in [4.78, 5) is 11.8. The van der Waals surface area contributed by atoms with Crippen molar-refractivity contribution in [1.82, 2.24) is 4.57 Å². The van der Waals surface area contributed by atoms with Gasteiger partial charge in [0, 0.05) is 25.0 Å². The summed E-state index contributed by atoms with van der Waals surface area (Å²) >= 11 is 0. The molecule has 4 heteroatoms. The third kappa shape index (κ3) is 2.77. The van der Waals surface area contributed by atoms with Gasteiger partial charge < -0.3 is 9.30 Å². The Morgan fingerprint density at radius 3 is 2.78 bits per heavy atom. The molecule has 0 unspecified atom stereocenters. The predicted molar refractivity (Wildman–Crippen MR) is 66.4 cm³/mol. The number of hydrogen-bond acceptors (Lipinski definition) is 2. The number of aromatic nitrogens is 1. The number of aryl methyl sites for hydroxylation is 2. The second-order valence-corrected chi connectivity index (χ2v) is 4.19. The molecule has 0 spiro atoms. The Labute approximate surface area is 105 Å². The fourth-order valence-corrected chi connectivity index (χ4v) is 1.61. The number of carbonyl (C=O) groups is 1. The SMILES string of the molecule is Cc1cc(OCC(=O)c2ccn(C)c2)ccc1F. The zero-order chi connectivity index (χ0) is 13.1. The van der Waals surface area contributed by atoms with Crippen molar-refractivity contribution in [2.75, 3.05) is 6.61 Å². The van der Waals surface area contributed by atoms with Crippen LogP contribution in [-0.4, -0.2) is 17.0 Å². The average Bonchev–Trinajstić information content (AvgIpc) is 2.77. The quantitative estimate of drug-likeness (QED) is 0.778. The van der Waals surface area contributed by atoms with Gasteiger partial charge in [-0.3, -0.25) is 4.79 Å². The van der Waals surface area contributed by atoms with Crippen LogP contribution in [0.15, 0.2) is 36.7 Å². The summed E-state index contributed by atoms with van der Waals surface area (Å²) in [6.07, 6.45) is 3.54. The fraction of sp³-hybridized carbons (Fsp3) is 0.214. The van der Waals surface area contributed by atoms with Crippen molar-refractivity contribution < 1.29 is 13.9 Å². The standard InChI is InChI=1S/C14H14FNO2/c1-10-7-12(3-4-13(10)15)18-9-14(17)11-5-6-16(2)8-11/h3-8H,9H2,1-2H3. The molecule has 0 aliphatic rings. The van der Waals surface area contributed by atoms with Crippen LogP contribution in [0.4, 0.5) is 4.39 Å². The van der Waals surface area contributed by atoms with E-state index in [2.05, 4.69) is 0 Å². The van der Waals surface area contributed by atoms with Crippen LogP contribution in [-0.2, 0) is 7.05 Å². The molecule has 0 N–H and O–H groups in total. The van der Waals surface area contributed by atoms with E-state index < -0.39 is 0 Å². The van der Waals surface area contributed by atoms with Crippen LogP contribution in [0.3, 0.4) is 0 Å². The average molecular weight is 247 g/mol. The number of benzene rings is 1. The summed E-state index contributed by atoms with van der Waals surface area (Å²) in [5, 5.41) is 0. The number of ether oxygens (including phenoxy) is 1. The highest BCUT2D eigenvalue weighted by atomic mass is 19.1. The second-order valence-electron chi connectivity index (χ2n) is 4.19. The first-order valence-electron chi connectivity index (χ1n) is 5.60. The number of Topliss-reactive ketones (excluding diaryl/α,β-unsaturated/α-hetero) is 1. The Hall–Kier alpha value is -2.10. The molecule has 0 aliphatic heterocycles. The lowest BCUT2D eigenvalue weighted by molar-refractivity contribution is 0.0921.